The summed E-state index contributed by atoms with van der Waals surface area (Å²) in [6, 6.07) is 12.5. The lowest BCUT2D eigenvalue weighted by molar-refractivity contribution is 0.171. The lowest BCUT2D eigenvalue weighted by atomic mass is 10.0. The molecule has 0 aliphatic carbocycles. The van der Waals surface area contributed by atoms with Gasteiger partial charge in [0, 0.05) is 36.7 Å². The van der Waals surface area contributed by atoms with E-state index in [1.807, 2.05) is 12.1 Å². The summed E-state index contributed by atoms with van der Waals surface area (Å²) in [5.41, 5.74) is 3.52. The molecule has 0 unspecified atom stereocenters. The molecule has 5 nitrogen and oxygen atoms in total. The Morgan fingerprint density at radius 2 is 1.89 bits per heavy atom. The van der Waals surface area contributed by atoms with E-state index in [2.05, 4.69) is 18.3 Å². The van der Waals surface area contributed by atoms with Crippen molar-refractivity contribution in [3.8, 4) is 22.8 Å². The van der Waals surface area contributed by atoms with Crippen molar-refractivity contribution < 1.29 is 18.6 Å². The minimum Gasteiger partial charge on any atom is -0.454 e. The Morgan fingerprint density at radius 3 is 2.63 bits per heavy atom. The SMILES string of the molecule is COC[C@H](C)NCc1cc2cc3c(cc2nc1-c1ccc(F)cc1)OCO3. The largest absolute Gasteiger partial charge is 0.454 e. The number of rotatable bonds is 6. The molecule has 0 bridgehead atoms. The van der Waals surface area contributed by atoms with Crippen molar-refractivity contribution in [2.45, 2.75) is 19.5 Å². The van der Waals surface area contributed by atoms with Crippen LogP contribution in [0.1, 0.15) is 12.5 Å². The van der Waals surface area contributed by atoms with Gasteiger partial charge in [-0.05, 0) is 48.9 Å². The Balaban J connectivity index is 1.77. The third-order valence-corrected chi connectivity index (χ3v) is 4.56. The zero-order chi connectivity index (χ0) is 18.8. The minimum absolute atomic E-state index is 0.198. The van der Waals surface area contributed by atoms with E-state index in [1.54, 1.807) is 19.2 Å². The van der Waals surface area contributed by atoms with Crippen molar-refractivity contribution in [3.05, 3.63) is 53.8 Å². The van der Waals surface area contributed by atoms with Crippen molar-refractivity contribution in [1.82, 2.24) is 10.3 Å². The summed E-state index contributed by atoms with van der Waals surface area (Å²) in [7, 11) is 1.68. The highest BCUT2D eigenvalue weighted by molar-refractivity contribution is 5.86. The molecule has 1 aliphatic rings. The lowest BCUT2D eigenvalue weighted by Gasteiger charge is -2.16. The molecule has 1 aliphatic heterocycles. The van der Waals surface area contributed by atoms with E-state index in [-0.39, 0.29) is 18.7 Å². The summed E-state index contributed by atoms with van der Waals surface area (Å²) in [4.78, 5) is 4.85. The Bertz CT molecular complexity index is 960. The van der Waals surface area contributed by atoms with Crippen LogP contribution in [-0.2, 0) is 11.3 Å². The first-order valence-electron chi connectivity index (χ1n) is 8.85. The van der Waals surface area contributed by atoms with Gasteiger partial charge in [0.15, 0.2) is 11.5 Å². The summed E-state index contributed by atoms with van der Waals surface area (Å²) >= 11 is 0. The third kappa shape index (κ3) is 3.72. The fourth-order valence-electron chi connectivity index (χ4n) is 3.19. The first-order chi connectivity index (χ1) is 13.1. The highest BCUT2D eigenvalue weighted by Gasteiger charge is 2.17. The number of pyridine rings is 1. The quantitative estimate of drug-likeness (QED) is 0.715. The second-order valence-electron chi connectivity index (χ2n) is 6.64. The van der Waals surface area contributed by atoms with E-state index in [4.69, 9.17) is 19.2 Å². The van der Waals surface area contributed by atoms with Crippen LogP contribution < -0.4 is 14.8 Å². The Kier molecular flexibility index (Phi) is 4.92. The average molecular weight is 368 g/mol. The highest BCUT2D eigenvalue weighted by Crippen LogP contribution is 2.37. The molecule has 27 heavy (non-hydrogen) atoms. The number of methoxy groups -OCH3 is 1. The van der Waals surface area contributed by atoms with E-state index < -0.39 is 0 Å². The second-order valence-corrected chi connectivity index (χ2v) is 6.64. The van der Waals surface area contributed by atoms with Crippen LogP contribution >= 0.6 is 0 Å². The molecule has 0 radical (unpaired) electrons. The molecule has 3 aromatic rings. The van der Waals surface area contributed by atoms with E-state index in [0.29, 0.717) is 18.9 Å². The Morgan fingerprint density at radius 1 is 1.15 bits per heavy atom. The summed E-state index contributed by atoms with van der Waals surface area (Å²) < 4.78 is 29.5. The Labute approximate surface area is 157 Å². The topological polar surface area (TPSA) is 52.6 Å². The zero-order valence-electron chi connectivity index (χ0n) is 15.3. The maximum absolute atomic E-state index is 13.4. The van der Waals surface area contributed by atoms with E-state index in [9.17, 15) is 4.39 Å². The van der Waals surface area contributed by atoms with Gasteiger partial charge in [0.2, 0.25) is 6.79 Å². The molecule has 1 N–H and O–H groups in total. The van der Waals surface area contributed by atoms with E-state index >= 15 is 0 Å². The molecule has 1 atom stereocenters. The number of fused-ring (bicyclic) bond motifs is 2. The molecular weight excluding hydrogens is 347 g/mol. The maximum Gasteiger partial charge on any atom is 0.231 e. The van der Waals surface area contributed by atoms with Crippen LogP contribution in [0.2, 0.25) is 0 Å². The van der Waals surface area contributed by atoms with Crippen LogP contribution in [0.5, 0.6) is 11.5 Å². The number of benzene rings is 2. The fraction of sp³-hybridized carbons (Fsp3) is 0.286. The fourth-order valence-corrected chi connectivity index (χ4v) is 3.19. The standard InChI is InChI=1S/C21H21FN2O3/c1-13(11-25-2)23-10-16-7-15-8-19-20(27-12-26-19)9-18(15)24-21(16)14-3-5-17(22)6-4-14/h3-9,13,23H,10-12H2,1-2H3/t13-/m0/s1. The van der Waals surface area contributed by atoms with Gasteiger partial charge < -0.3 is 19.5 Å². The number of hydrogen-bond donors (Lipinski definition) is 1. The van der Waals surface area contributed by atoms with Gasteiger partial charge in [0.1, 0.15) is 5.82 Å². The Hall–Kier alpha value is -2.70. The number of halogens is 1. The van der Waals surface area contributed by atoms with Gasteiger partial charge >= 0.3 is 0 Å². The molecule has 0 fully saturated rings. The van der Waals surface area contributed by atoms with E-state index in [0.717, 1.165) is 33.5 Å². The number of nitrogens with zero attached hydrogens (tertiary/aromatic N) is 1. The molecule has 140 valence electrons. The second kappa shape index (κ2) is 7.50. The first kappa shape index (κ1) is 17.7. The molecule has 1 aromatic heterocycles. The van der Waals surface area contributed by atoms with Crippen molar-refractivity contribution in [1.29, 1.82) is 0 Å². The van der Waals surface area contributed by atoms with Crippen molar-refractivity contribution in [2.75, 3.05) is 20.5 Å². The molecule has 2 heterocycles. The number of nitrogens with one attached hydrogen (secondary N) is 1. The van der Waals surface area contributed by atoms with Gasteiger partial charge in [-0.3, -0.25) is 0 Å². The molecule has 6 heteroatoms. The van der Waals surface area contributed by atoms with Crippen LogP contribution in [0.4, 0.5) is 4.39 Å². The van der Waals surface area contributed by atoms with Gasteiger partial charge in [-0.1, -0.05) is 0 Å². The summed E-state index contributed by atoms with van der Waals surface area (Å²) in [6.07, 6.45) is 0. The van der Waals surface area contributed by atoms with Crippen LogP contribution in [0.25, 0.3) is 22.2 Å². The molecule has 0 spiro atoms. The molecule has 0 saturated carbocycles. The highest BCUT2D eigenvalue weighted by atomic mass is 19.1. The molecule has 0 amide bonds. The van der Waals surface area contributed by atoms with Gasteiger partial charge in [0.25, 0.3) is 0 Å². The first-order valence-corrected chi connectivity index (χ1v) is 8.85. The number of aromatic nitrogens is 1. The normalized spacial score (nSPS) is 13.9. The monoisotopic (exact) mass is 368 g/mol. The van der Waals surface area contributed by atoms with Crippen molar-refractivity contribution >= 4 is 10.9 Å². The summed E-state index contributed by atoms with van der Waals surface area (Å²) in [5, 5.41) is 4.42. The molecule has 0 saturated heterocycles. The van der Waals surface area contributed by atoms with Crippen molar-refractivity contribution in [2.24, 2.45) is 0 Å². The van der Waals surface area contributed by atoms with Crippen LogP contribution in [0.15, 0.2) is 42.5 Å². The van der Waals surface area contributed by atoms with Crippen LogP contribution in [0, 0.1) is 5.82 Å². The predicted octanol–water partition coefficient (Wildman–Crippen LogP) is 3.89. The summed E-state index contributed by atoms with van der Waals surface area (Å²) in [6.45, 7) is 3.52. The molecular formula is C21H21FN2O3. The minimum atomic E-state index is -0.267. The average Bonchev–Trinajstić information content (AvgIpc) is 3.12. The van der Waals surface area contributed by atoms with Gasteiger partial charge in [-0.25, -0.2) is 9.37 Å². The smallest absolute Gasteiger partial charge is 0.231 e. The number of hydrogen-bond acceptors (Lipinski definition) is 5. The molecule has 4 rings (SSSR count). The van der Waals surface area contributed by atoms with Gasteiger partial charge in [-0.2, -0.15) is 0 Å². The summed E-state index contributed by atoms with van der Waals surface area (Å²) in [5.74, 6) is 1.15. The van der Waals surface area contributed by atoms with Crippen molar-refractivity contribution in [3.63, 3.8) is 0 Å². The predicted molar refractivity (Wildman–Crippen MR) is 101 cm³/mol. The zero-order valence-corrected chi connectivity index (χ0v) is 15.3. The van der Waals surface area contributed by atoms with Crippen LogP contribution in [-0.4, -0.2) is 31.5 Å². The molecule has 2 aromatic carbocycles. The van der Waals surface area contributed by atoms with Gasteiger partial charge in [0.05, 0.1) is 17.8 Å². The van der Waals surface area contributed by atoms with E-state index in [1.165, 1.54) is 12.1 Å². The third-order valence-electron chi connectivity index (χ3n) is 4.56. The lowest BCUT2D eigenvalue weighted by Crippen LogP contribution is -2.29. The maximum atomic E-state index is 13.4. The van der Waals surface area contributed by atoms with Crippen LogP contribution in [0.3, 0.4) is 0 Å². The number of ether oxygens (including phenoxy) is 3. The van der Waals surface area contributed by atoms with Gasteiger partial charge in [-0.15, -0.1) is 0 Å².